The molecule has 1 N–H and O–H groups in total. The average Bonchev–Trinajstić information content (AvgIpc) is 2.74. The van der Waals surface area contributed by atoms with Gasteiger partial charge in [-0.15, -0.1) is 0 Å². The molecule has 2 aromatic carbocycles. The zero-order valence-corrected chi connectivity index (χ0v) is 19.3. The fraction of sp³-hybridized carbons (Fsp3) is 0.261. The third-order valence-electron chi connectivity index (χ3n) is 4.82. The van der Waals surface area contributed by atoms with Crippen molar-refractivity contribution in [3.63, 3.8) is 0 Å². The summed E-state index contributed by atoms with van der Waals surface area (Å²) in [5.41, 5.74) is 0.832. The van der Waals surface area contributed by atoms with Crippen molar-refractivity contribution < 1.29 is 13.2 Å². The Bertz CT molecular complexity index is 1280. The Morgan fingerprint density at radius 3 is 2.38 bits per heavy atom. The van der Waals surface area contributed by atoms with Gasteiger partial charge in [-0.05, 0) is 36.4 Å². The van der Waals surface area contributed by atoms with Crippen molar-refractivity contribution in [2.24, 2.45) is 0 Å². The molecule has 0 radical (unpaired) electrons. The molecule has 0 unspecified atom stereocenters. The molecule has 0 bridgehead atoms. The molecule has 0 spiro atoms. The van der Waals surface area contributed by atoms with Crippen LogP contribution in [0.3, 0.4) is 0 Å². The molecule has 0 aliphatic rings. The number of carbonyl (C=O) groups is 1. The number of amides is 1. The third kappa shape index (κ3) is 5.23. The summed E-state index contributed by atoms with van der Waals surface area (Å²) < 4.78 is 28.3. The summed E-state index contributed by atoms with van der Waals surface area (Å²) in [7, 11) is -2.35. The number of anilines is 2. The van der Waals surface area contributed by atoms with Crippen molar-refractivity contribution in [3.8, 4) is 0 Å². The largest absolute Gasteiger partial charge is 0.324 e. The highest BCUT2D eigenvalue weighted by molar-refractivity contribution is 7.92. The SMILES string of the molecule is CN(c1ccccc1)S(=O)(=O)c1cccc(NC(=O)Cn2nc(C(C)(C)C)ccc2=O)c1. The van der Waals surface area contributed by atoms with Gasteiger partial charge in [0.2, 0.25) is 5.91 Å². The zero-order valence-electron chi connectivity index (χ0n) is 18.4. The minimum Gasteiger partial charge on any atom is -0.324 e. The second-order valence-corrected chi connectivity index (χ2v) is 10.3. The number of nitrogens with one attached hydrogen (secondary N) is 1. The molecule has 8 nitrogen and oxygen atoms in total. The van der Waals surface area contributed by atoms with Crippen LogP contribution in [0.25, 0.3) is 0 Å². The van der Waals surface area contributed by atoms with Crippen molar-refractivity contribution in [1.29, 1.82) is 0 Å². The molecule has 3 rings (SSSR count). The Morgan fingerprint density at radius 1 is 1.03 bits per heavy atom. The number of hydrogen-bond acceptors (Lipinski definition) is 5. The number of aromatic nitrogens is 2. The highest BCUT2D eigenvalue weighted by Gasteiger charge is 2.22. The van der Waals surface area contributed by atoms with Crippen LogP contribution in [0.15, 0.2) is 76.4 Å². The summed E-state index contributed by atoms with van der Waals surface area (Å²) in [4.78, 5) is 24.7. The first-order valence-electron chi connectivity index (χ1n) is 10.0. The molecule has 0 fully saturated rings. The van der Waals surface area contributed by atoms with E-state index in [1.54, 1.807) is 48.5 Å². The van der Waals surface area contributed by atoms with E-state index in [1.165, 1.54) is 29.6 Å². The summed E-state index contributed by atoms with van der Waals surface area (Å²) in [5.74, 6) is -0.489. The molecule has 1 heterocycles. The Balaban J connectivity index is 1.79. The van der Waals surface area contributed by atoms with E-state index in [0.29, 0.717) is 17.1 Å². The van der Waals surface area contributed by atoms with Gasteiger partial charge in [-0.2, -0.15) is 5.10 Å². The van der Waals surface area contributed by atoms with Crippen LogP contribution in [0.2, 0.25) is 0 Å². The van der Waals surface area contributed by atoms with Gasteiger partial charge in [0, 0.05) is 24.2 Å². The lowest BCUT2D eigenvalue weighted by Gasteiger charge is -2.20. The van der Waals surface area contributed by atoms with E-state index in [9.17, 15) is 18.0 Å². The molecule has 0 aliphatic carbocycles. The highest BCUT2D eigenvalue weighted by Crippen LogP contribution is 2.23. The first-order chi connectivity index (χ1) is 15.0. The molecule has 168 valence electrons. The maximum atomic E-state index is 13.0. The van der Waals surface area contributed by atoms with E-state index < -0.39 is 21.5 Å². The van der Waals surface area contributed by atoms with E-state index in [0.717, 1.165) is 4.68 Å². The van der Waals surface area contributed by atoms with Gasteiger partial charge >= 0.3 is 0 Å². The van der Waals surface area contributed by atoms with Gasteiger partial charge in [0.05, 0.1) is 16.3 Å². The van der Waals surface area contributed by atoms with E-state index >= 15 is 0 Å². The van der Waals surface area contributed by atoms with Crippen LogP contribution in [-0.2, 0) is 26.8 Å². The monoisotopic (exact) mass is 454 g/mol. The van der Waals surface area contributed by atoms with Crippen molar-refractivity contribution in [3.05, 3.63) is 82.8 Å². The second kappa shape index (κ2) is 8.96. The summed E-state index contributed by atoms with van der Waals surface area (Å²) in [6.07, 6.45) is 0. The molecule has 0 aliphatic heterocycles. The average molecular weight is 455 g/mol. The van der Waals surface area contributed by atoms with E-state index in [-0.39, 0.29) is 16.9 Å². The standard InChI is InChI=1S/C23H26N4O4S/c1-23(2,3)20-13-14-22(29)27(25-20)16-21(28)24-17-9-8-12-19(15-17)32(30,31)26(4)18-10-6-5-7-11-18/h5-15H,16H2,1-4H3,(H,24,28). The normalized spacial score (nSPS) is 11.8. The maximum absolute atomic E-state index is 13.0. The Kier molecular flexibility index (Phi) is 6.50. The molecule has 3 aromatic rings. The first-order valence-corrected chi connectivity index (χ1v) is 11.4. The van der Waals surface area contributed by atoms with Gasteiger partial charge in [-0.25, -0.2) is 13.1 Å². The number of carbonyl (C=O) groups excluding carboxylic acids is 1. The van der Waals surface area contributed by atoms with Gasteiger partial charge < -0.3 is 5.32 Å². The van der Waals surface area contributed by atoms with Crippen LogP contribution in [0.4, 0.5) is 11.4 Å². The predicted octanol–water partition coefficient (Wildman–Crippen LogP) is 3.00. The highest BCUT2D eigenvalue weighted by atomic mass is 32.2. The topological polar surface area (TPSA) is 101 Å². The molecule has 0 saturated heterocycles. The van der Waals surface area contributed by atoms with Gasteiger partial charge in [0.25, 0.3) is 15.6 Å². The number of sulfonamides is 1. The summed E-state index contributed by atoms with van der Waals surface area (Å²) >= 11 is 0. The molecule has 0 atom stereocenters. The fourth-order valence-corrected chi connectivity index (χ4v) is 4.21. The Morgan fingerprint density at radius 2 is 1.72 bits per heavy atom. The van der Waals surface area contributed by atoms with Crippen molar-refractivity contribution in [2.45, 2.75) is 37.6 Å². The molecule has 1 aromatic heterocycles. The molecular weight excluding hydrogens is 428 g/mol. The van der Waals surface area contributed by atoms with Crippen LogP contribution in [0.5, 0.6) is 0 Å². The van der Waals surface area contributed by atoms with E-state index in [2.05, 4.69) is 10.4 Å². The Labute approximate surface area is 187 Å². The van der Waals surface area contributed by atoms with Crippen LogP contribution >= 0.6 is 0 Å². The third-order valence-corrected chi connectivity index (χ3v) is 6.61. The first kappa shape index (κ1) is 23.2. The van der Waals surface area contributed by atoms with Crippen LogP contribution < -0.4 is 15.2 Å². The smallest absolute Gasteiger partial charge is 0.267 e. The summed E-state index contributed by atoms with van der Waals surface area (Å²) in [6.45, 7) is 5.59. The van der Waals surface area contributed by atoms with Crippen LogP contribution in [0.1, 0.15) is 26.5 Å². The minimum atomic E-state index is -3.82. The number of nitrogens with zero attached hydrogens (tertiary/aromatic N) is 3. The molecule has 0 saturated carbocycles. The molecule has 1 amide bonds. The molecular formula is C23H26N4O4S. The quantitative estimate of drug-likeness (QED) is 0.617. The Hall–Kier alpha value is -3.46. The lowest BCUT2D eigenvalue weighted by molar-refractivity contribution is -0.117. The van der Waals surface area contributed by atoms with E-state index in [4.69, 9.17) is 0 Å². The molecule has 9 heteroatoms. The summed E-state index contributed by atoms with van der Waals surface area (Å²) in [5, 5.41) is 6.92. The number of benzene rings is 2. The predicted molar refractivity (Wildman–Crippen MR) is 124 cm³/mol. The minimum absolute atomic E-state index is 0.0340. The number of para-hydroxylation sites is 1. The molecule has 32 heavy (non-hydrogen) atoms. The second-order valence-electron chi connectivity index (χ2n) is 8.35. The van der Waals surface area contributed by atoms with Crippen molar-refractivity contribution in [1.82, 2.24) is 9.78 Å². The summed E-state index contributed by atoms with van der Waals surface area (Å²) in [6, 6.07) is 17.7. The number of rotatable bonds is 6. The number of hydrogen-bond donors (Lipinski definition) is 1. The van der Waals surface area contributed by atoms with Gasteiger partial charge in [-0.1, -0.05) is 45.0 Å². The van der Waals surface area contributed by atoms with Gasteiger partial charge in [-0.3, -0.25) is 13.9 Å². The van der Waals surface area contributed by atoms with Crippen LogP contribution in [-0.4, -0.2) is 31.2 Å². The van der Waals surface area contributed by atoms with Crippen molar-refractivity contribution >= 4 is 27.3 Å². The van der Waals surface area contributed by atoms with Crippen LogP contribution in [0, 0.1) is 0 Å². The van der Waals surface area contributed by atoms with Gasteiger partial charge in [0.15, 0.2) is 0 Å². The van der Waals surface area contributed by atoms with E-state index in [1.807, 2.05) is 20.8 Å². The fourth-order valence-electron chi connectivity index (χ4n) is 2.97. The van der Waals surface area contributed by atoms with Crippen molar-refractivity contribution in [2.75, 3.05) is 16.7 Å². The lowest BCUT2D eigenvalue weighted by atomic mass is 9.92. The lowest BCUT2D eigenvalue weighted by Crippen LogP contribution is -2.31. The van der Waals surface area contributed by atoms with Gasteiger partial charge in [0.1, 0.15) is 6.54 Å². The zero-order chi connectivity index (χ0) is 23.5. The maximum Gasteiger partial charge on any atom is 0.267 e.